The molecule has 18 heavy (non-hydrogen) atoms. The Morgan fingerprint density at radius 3 is 2.67 bits per heavy atom. The summed E-state index contributed by atoms with van der Waals surface area (Å²) < 4.78 is 0. The predicted molar refractivity (Wildman–Crippen MR) is 77.3 cm³/mol. The van der Waals surface area contributed by atoms with Crippen molar-refractivity contribution in [2.45, 2.75) is 0 Å². The van der Waals surface area contributed by atoms with Crippen LogP contribution in [-0.2, 0) is 0 Å². The Kier molecular flexibility index (Phi) is 3.30. The average molecular weight is 259 g/mol. The molecule has 1 fully saturated rings. The van der Waals surface area contributed by atoms with Crippen LogP contribution in [0.15, 0.2) is 35.2 Å². The number of anilines is 1. The van der Waals surface area contributed by atoms with Gasteiger partial charge in [-0.25, -0.2) is 4.98 Å². The van der Waals surface area contributed by atoms with Crippen LogP contribution in [-0.4, -0.2) is 43.1 Å². The summed E-state index contributed by atoms with van der Waals surface area (Å²) in [5.41, 5.74) is 2.55. The third-order valence-electron chi connectivity index (χ3n) is 3.43. The number of nitrogens with zero attached hydrogens (tertiary/aromatic N) is 3. The van der Waals surface area contributed by atoms with Gasteiger partial charge in [-0.15, -0.1) is 0 Å². The zero-order valence-electron chi connectivity index (χ0n) is 10.5. The molecule has 2 aromatic heterocycles. The Hall–Kier alpha value is -1.39. The van der Waals surface area contributed by atoms with E-state index in [0.29, 0.717) is 0 Å². The maximum absolute atomic E-state index is 4.51. The molecular formula is C14H17N3S. The molecule has 1 aliphatic rings. The molecule has 0 bridgehead atoms. The summed E-state index contributed by atoms with van der Waals surface area (Å²) in [5.74, 6) is 1.10. The molecular weight excluding hydrogens is 242 g/mol. The van der Waals surface area contributed by atoms with E-state index in [4.69, 9.17) is 0 Å². The van der Waals surface area contributed by atoms with E-state index in [1.54, 1.807) is 11.3 Å². The van der Waals surface area contributed by atoms with Crippen molar-refractivity contribution in [2.75, 3.05) is 38.1 Å². The highest BCUT2D eigenvalue weighted by Gasteiger charge is 2.15. The van der Waals surface area contributed by atoms with E-state index in [0.717, 1.165) is 32.0 Å². The molecule has 0 atom stereocenters. The second-order valence-electron chi connectivity index (χ2n) is 4.71. The number of rotatable bonds is 2. The standard InChI is InChI=1S/C14H17N3S/c1-16-5-7-17(8-6-16)14-10-12(2-4-15-14)13-3-9-18-11-13/h2-4,9-11H,5-8H2,1H3. The smallest absolute Gasteiger partial charge is 0.129 e. The summed E-state index contributed by atoms with van der Waals surface area (Å²) >= 11 is 1.74. The van der Waals surface area contributed by atoms with Gasteiger partial charge in [-0.05, 0) is 47.1 Å². The van der Waals surface area contributed by atoms with Gasteiger partial charge < -0.3 is 9.80 Å². The van der Waals surface area contributed by atoms with E-state index >= 15 is 0 Å². The number of likely N-dealkylation sites (N-methyl/N-ethyl adjacent to an activating group) is 1. The maximum Gasteiger partial charge on any atom is 0.129 e. The van der Waals surface area contributed by atoms with E-state index in [-0.39, 0.29) is 0 Å². The summed E-state index contributed by atoms with van der Waals surface area (Å²) in [5, 5.41) is 4.30. The highest BCUT2D eigenvalue weighted by atomic mass is 32.1. The predicted octanol–water partition coefficient (Wildman–Crippen LogP) is 2.56. The third-order valence-corrected chi connectivity index (χ3v) is 4.11. The molecule has 1 saturated heterocycles. The fourth-order valence-electron chi connectivity index (χ4n) is 2.24. The molecule has 3 nitrogen and oxygen atoms in total. The van der Waals surface area contributed by atoms with E-state index < -0.39 is 0 Å². The third kappa shape index (κ3) is 2.40. The molecule has 0 saturated carbocycles. The topological polar surface area (TPSA) is 19.4 Å². The van der Waals surface area contributed by atoms with Crippen molar-refractivity contribution in [3.05, 3.63) is 35.2 Å². The van der Waals surface area contributed by atoms with E-state index in [1.165, 1.54) is 11.1 Å². The van der Waals surface area contributed by atoms with Gasteiger partial charge in [-0.2, -0.15) is 11.3 Å². The highest BCUT2D eigenvalue weighted by Crippen LogP contribution is 2.25. The Balaban J connectivity index is 1.83. The Bertz CT molecular complexity index is 502. The summed E-state index contributed by atoms with van der Waals surface area (Å²) in [6.07, 6.45) is 1.92. The molecule has 0 radical (unpaired) electrons. The molecule has 0 aliphatic carbocycles. The minimum absolute atomic E-state index is 1.07. The van der Waals surface area contributed by atoms with Crippen molar-refractivity contribution in [3.8, 4) is 11.1 Å². The average Bonchev–Trinajstić information content (AvgIpc) is 2.94. The van der Waals surface area contributed by atoms with Gasteiger partial charge in [0, 0.05) is 32.4 Å². The van der Waals surface area contributed by atoms with Gasteiger partial charge in [-0.3, -0.25) is 0 Å². The fraction of sp³-hybridized carbons (Fsp3) is 0.357. The quantitative estimate of drug-likeness (QED) is 0.826. The molecule has 1 aliphatic heterocycles. The van der Waals surface area contributed by atoms with Crippen LogP contribution in [0.1, 0.15) is 0 Å². The molecule has 0 aromatic carbocycles. The van der Waals surface area contributed by atoms with Crippen molar-refractivity contribution in [3.63, 3.8) is 0 Å². The zero-order valence-corrected chi connectivity index (χ0v) is 11.4. The van der Waals surface area contributed by atoms with E-state index in [9.17, 15) is 0 Å². The van der Waals surface area contributed by atoms with Crippen molar-refractivity contribution >= 4 is 17.2 Å². The molecule has 0 N–H and O–H groups in total. The molecule has 0 unspecified atom stereocenters. The van der Waals surface area contributed by atoms with Crippen LogP contribution < -0.4 is 4.90 Å². The molecule has 2 aromatic rings. The Morgan fingerprint density at radius 1 is 1.11 bits per heavy atom. The number of thiophene rings is 1. The van der Waals surface area contributed by atoms with Gasteiger partial charge in [0.2, 0.25) is 0 Å². The number of hydrogen-bond acceptors (Lipinski definition) is 4. The monoisotopic (exact) mass is 259 g/mol. The first-order valence-electron chi connectivity index (χ1n) is 6.25. The normalized spacial score (nSPS) is 17.1. The molecule has 3 heterocycles. The van der Waals surface area contributed by atoms with Crippen LogP contribution in [0.2, 0.25) is 0 Å². The first kappa shape index (κ1) is 11.7. The van der Waals surface area contributed by atoms with Gasteiger partial charge in [0.1, 0.15) is 5.82 Å². The lowest BCUT2D eigenvalue weighted by Crippen LogP contribution is -2.44. The lowest BCUT2D eigenvalue weighted by molar-refractivity contribution is 0.312. The SMILES string of the molecule is CN1CCN(c2cc(-c3ccsc3)ccn2)CC1. The summed E-state index contributed by atoms with van der Waals surface area (Å²) in [6.45, 7) is 4.36. The number of hydrogen-bond donors (Lipinski definition) is 0. The van der Waals surface area contributed by atoms with Crippen LogP contribution in [0.3, 0.4) is 0 Å². The molecule has 4 heteroatoms. The fourth-order valence-corrected chi connectivity index (χ4v) is 2.90. The summed E-state index contributed by atoms with van der Waals surface area (Å²) in [4.78, 5) is 9.24. The van der Waals surface area contributed by atoms with Crippen LogP contribution in [0, 0.1) is 0 Å². The molecule has 94 valence electrons. The first-order chi connectivity index (χ1) is 8.83. The first-order valence-corrected chi connectivity index (χ1v) is 7.19. The molecule has 0 spiro atoms. The van der Waals surface area contributed by atoms with Crippen molar-refractivity contribution in [2.24, 2.45) is 0 Å². The minimum atomic E-state index is 1.07. The van der Waals surface area contributed by atoms with Gasteiger partial charge in [-0.1, -0.05) is 0 Å². The minimum Gasteiger partial charge on any atom is -0.354 e. The summed E-state index contributed by atoms with van der Waals surface area (Å²) in [6, 6.07) is 6.45. The highest BCUT2D eigenvalue weighted by molar-refractivity contribution is 7.08. The Morgan fingerprint density at radius 2 is 1.94 bits per heavy atom. The van der Waals surface area contributed by atoms with Crippen LogP contribution >= 0.6 is 11.3 Å². The van der Waals surface area contributed by atoms with E-state index in [1.807, 2.05) is 6.20 Å². The largest absolute Gasteiger partial charge is 0.354 e. The Labute approximate surface area is 112 Å². The van der Waals surface area contributed by atoms with Gasteiger partial charge in [0.25, 0.3) is 0 Å². The maximum atomic E-state index is 4.51. The van der Waals surface area contributed by atoms with Gasteiger partial charge >= 0.3 is 0 Å². The van der Waals surface area contributed by atoms with Gasteiger partial charge in [0.15, 0.2) is 0 Å². The van der Waals surface area contributed by atoms with Crippen molar-refractivity contribution in [1.82, 2.24) is 9.88 Å². The van der Waals surface area contributed by atoms with Crippen molar-refractivity contribution in [1.29, 1.82) is 0 Å². The molecule has 0 amide bonds. The number of piperazine rings is 1. The van der Waals surface area contributed by atoms with Crippen molar-refractivity contribution < 1.29 is 0 Å². The van der Waals surface area contributed by atoms with Crippen LogP contribution in [0.5, 0.6) is 0 Å². The number of pyridine rings is 1. The second kappa shape index (κ2) is 5.08. The van der Waals surface area contributed by atoms with Crippen LogP contribution in [0.4, 0.5) is 5.82 Å². The van der Waals surface area contributed by atoms with Gasteiger partial charge in [0.05, 0.1) is 0 Å². The summed E-state index contributed by atoms with van der Waals surface area (Å²) in [7, 11) is 2.17. The van der Waals surface area contributed by atoms with E-state index in [2.05, 4.69) is 50.8 Å². The lowest BCUT2D eigenvalue weighted by Gasteiger charge is -2.33. The number of aromatic nitrogens is 1. The lowest BCUT2D eigenvalue weighted by atomic mass is 10.1. The molecule has 3 rings (SSSR count). The second-order valence-corrected chi connectivity index (χ2v) is 5.49. The van der Waals surface area contributed by atoms with Crippen LogP contribution in [0.25, 0.3) is 11.1 Å². The zero-order chi connectivity index (χ0) is 12.4.